The van der Waals surface area contributed by atoms with Crippen LogP contribution in [0.4, 0.5) is 19.1 Å². The molecule has 0 spiro atoms. The van der Waals surface area contributed by atoms with Crippen LogP contribution in [-0.4, -0.2) is 57.2 Å². The zero-order valence-electron chi connectivity index (χ0n) is 22.4. The van der Waals surface area contributed by atoms with E-state index in [0.717, 1.165) is 12.3 Å². The van der Waals surface area contributed by atoms with E-state index in [1.165, 1.54) is 22.8 Å². The molecule has 6 rings (SSSR count). The maximum atomic E-state index is 13.2. The average molecular weight is 598 g/mol. The molecule has 0 radical (unpaired) electrons. The maximum absolute atomic E-state index is 13.2. The number of benzene rings is 1. The number of halogens is 3. The molecule has 1 atom stereocenters. The third-order valence-electron chi connectivity index (χ3n) is 7.37. The van der Waals surface area contributed by atoms with Crippen LogP contribution < -0.4 is 5.73 Å². The zero-order valence-corrected chi connectivity index (χ0v) is 23.2. The van der Waals surface area contributed by atoms with Gasteiger partial charge in [-0.2, -0.15) is 23.3 Å². The van der Waals surface area contributed by atoms with Gasteiger partial charge in [-0.1, -0.05) is 18.2 Å². The fourth-order valence-corrected chi connectivity index (χ4v) is 5.99. The summed E-state index contributed by atoms with van der Waals surface area (Å²) in [6, 6.07) is 10.5. The molecule has 1 aromatic carbocycles. The average Bonchev–Trinajstić information content (AvgIpc) is 3.59. The SMILES string of the molecule is CS(=O)(=O)c1cccc(-c2cc(-c3cnn(C(c4ccc(C(F)(F)F)nc4)C4CCOCC4)c3)cn3nc(N)nc23)c1. The first-order chi connectivity index (χ1) is 20.0. The number of nitrogen functional groups attached to an aromatic ring is 1. The van der Waals surface area contributed by atoms with Crippen molar-refractivity contribution in [3.8, 4) is 22.3 Å². The third kappa shape index (κ3) is 5.46. The van der Waals surface area contributed by atoms with Crippen LogP contribution in [0.1, 0.15) is 30.1 Å². The minimum Gasteiger partial charge on any atom is -0.381 e. The Morgan fingerprint density at radius 3 is 2.50 bits per heavy atom. The molecule has 5 heterocycles. The van der Waals surface area contributed by atoms with E-state index in [9.17, 15) is 21.6 Å². The van der Waals surface area contributed by atoms with Crippen LogP contribution >= 0.6 is 0 Å². The Hall–Kier alpha value is -4.30. The van der Waals surface area contributed by atoms with Gasteiger partial charge in [-0.25, -0.2) is 12.9 Å². The first-order valence-corrected chi connectivity index (χ1v) is 15.0. The predicted molar refractivity (Wildman–Crippen MR) is 148 cm³/mol. The minimum atomic E-state index is -4.53. The van der Waals surface area contributed by atoms with Gasteiger partial charge in [-0.15, -0.1) is 5.10 Å². The molecular weight excluding hydrogens is 571 g/mol. The maximum Gasteiger partial charge on any atom is 0.433 e. The molecule has 0 amide bonds. The van der Waals surface area contributed by atoms with E-state index >= 15 is 0 Å². The highest BCUT2D eigenvalue weighted by Crippen LogP contribution is 2.37. The second-order valence-electron chi connectivity index (χ2n) is 10.3. The molecule has 42 heavy (non-hydrogen) atoms. The van der Waals surface area contributed by atoms with Crippen LogP contribution in [0.15, 0.2) is 72.1 Å². The van der Waals surface area contributed by atoms with Crippen molar-refractivity contribution in [3.63, 3.8) is 0 Å². The lowest BCUT2D eigenvalue weighted by molar-refractivity contribution is -0.141. The lowest BCUT2D eigenvalue weighted by atomic mass is 9.87. The molecule has 0 saturated carbocycles. The molecule has 1 fully saturated rings. The number of sulfone groups is 1. The first kappa shape index (κ1) is 27.8. The number of aromatic nitrogens is 6. The molecule has 0 bridgehead atoms. The highest BCUT2D eigenvalue weighted by Gasteiger charge is 2.34. The molecule has 4 aromatic heterocycles. The summed E-state index contributed by atoms with van der Waals surface area (Å²) in [6.07, 6.45) is 4.54. The van der Waals surface area contributed by atoms with Gasteiger partial charge < -0.3 is 10.5 Å². The molecule has 14 heteroatoms. The van der Waals surface area contributed by atoms with Gasteiger partial charge in [0.05, 0.1) is 17.1 Å². The highest BCUT2D eigenvalue weighted by molar-refractivity contribution is 7.90. The molecule has 1 saturated heterocycles. The highest BCUT2D eigenvalue weighted by atomic mass is 32.2. The summed E-state index contributed by atoms with van der Waals surface area (Å²) in [4.78, 5) is 8.19. The van der Waals surface area contributed by atoms with Crippen LogP contribution in [0.2, 0.25) is 0 Å². The number of nitrogens with two attached hydrogens (primary N) is 1. The number of rotatable bonds is 6. The van der Waals surface area contributed by atoms with Crippen molar-refractivity contribution >= 4 is 21.4 Å². The Bertz CT molecular complexity index is 1860. The van der Waals surface area contributed by atoms with Gasteiger partial charge in [-0.05, 0) is 54.2 Å². The number of pyridine rings is 2. The van der Waals surface area contributed by atoms with E-state index in [0.29, 0.717) is 59.5 Å². The lowest BCUT2D eigenvalue weighted by Crippen LogP contribution is -2.27. The summed E-state index contributed by atoms with van der Waals surface area (Å²) in [7, 11) is -3.46. The Kier molecular flexibility index (Phi) is 6.97. The fraction of sp³-hybridized carbons (Fsp3) is 0.286. The van der Waals surface area contributed by atoms with Crippen molar-refractivity contribution in [3.05, 3.63) is 78.5 Å². The van der Waals surface area contributed by atoms with Gasteiger partial charge in [0, 0.05) is 54.8 Å². The third-order valence-corrected chi connectivity index (χ3v) is 8.48. The van der Waals surface area contributed by atoms with E-state index in [1.807, 2.05) is 12.3 Å². The van der Waals surface area contributed by atoms with E-state index in [4.69, 9.17) is 10.5 Å². The van der Waals surface area contributed by atoms with E-state index in [2.05, 4.69) is 20.2 Å². The summed E-state index contributed by atoms with van der Waals surface area (Å²) in [6.45, 7) is 1.09. The van der Waals surface area contributed by atoms with Crippen molar-refractivity contribution in [2.24, 2.45) is 5.92 Å². The zero-order chi connectivity index (χ0) is 29.6. The van der Waals surface area contributed by atoms with Crippen molar-refractivity contribution in [1.82, 2.24) is 29.4 Å². The number of anilines is 1. The molecule has 1 aliphatic rings. The van der Waals surface area contributed by atoms with Gasteiger partial charge in [0.2, 0.25) is 5.95 Å². The van der Waals surface area contributed by atoms with Crippen LogP contribution in [-0.2, 0) is 20.8 Å². The van der Waals surface area contributed by atoms with Crippen LogP contribution in [0.25, 0.3) is 27.9 Å². The van der Waals surface area contributed by atoms with Gasteiger partial charge in [0.1, 0.15) is 5.69 Å². The first-order valence-electron chi connectivity index (χ1n) is 13.1. The number of hydrogen-bond donors (Lipinski definition) is 1. The van der Waals surface area contributed by atoms with E-state index in [-0.39, 0.29) is 22.8 Å². The Labute approximate surface area is 238 Å². The van der Waals surface area contributed by atoms with Gasteiger partial charge >= 0.3 is 6.18 Å². The quantitative estimate of drug-likeness (QED) is 0.299. The van der Waals surface area contributed by atoms with Crippen molar-refractivity contribution in [2.75, 3.05) is 25.2 Å². The monoisotopic (exact) mass is 597 g/mol. The van der Waals surface area contributed by atoms with E-state index in [1.54, 1.807) is 35.3 Å². The molecule has 2 N–H and O–H groups in total. The van der Waals surface area contributed by atoms with Gasteiger partial charge in [0.15, 0.2) is 15.5 Å². The topological polar surface area (TPSA) is 130 Å². The number of hydrogen-bond acceptors (Lipinski definition) is 8. The summed E-state index contributed by atoms with van der Waals surface area (Å²) in [5.41, 5.74) is 8.66. The Morgan fingerprint density at radius 1 is 1.02 bits per heavy atom. The van der Waals surface area contributed by atoms with Gasteiger partial charge in [0.25, 0.3) is 0 Å². The Morgan fingerprint density at radius 2 is 1.81 bits per heavy atom. The molecular formula is C28H26F3N7O3S. The lowest BCUT2D eigenvalue weighted by Gasteiger charge is -2.30. The van der Waals surface area contributed by atoms with E-state index < -0.39 is 21.7 Å². The smallest absolute Gasteiger partial charge is 0.381 e. The predicted octanol–water partition coefficient (Wildman–Crippen LogP) is 4.68. The number of alkyl halides is 3. The van der Waals surface area contributed by atoms with Crippen molar-refractivity contribution in [2.45, 2.75) is 30.0 Å². The summed E-state index contributed by atoms with van der Waals surface area (Å²) in [5.74, 6) is 0.120. The second kappa shape index (κ2) is 10.5. The molecule has 5 aromatic rings. The number of fused-ring (bicyclic) bond motifs is 1. The molecule has 0 aliphatic carbocycles. The van der Waals surface area contributed by atoms with Crippen molar-refractivity contribution < 1.29 is 26.3 Å². The van der Waals surface area contributed by atoms with Gasteiger partial charge in [-0.3, -0.25) is 9.67 Å². The standard InChI is InChI=1S/C28H26F3N7O3S/c1-42(39,40)22-4-2-3-18(11-22)23-12-20(15-38-26(23)35-27(32)36-38)21-14-34-37(16-21)25(17-7-9-41-10-8-17)19-5-6-24(33-13-19)28(29,30)31/h2-6,11-17,25H,7-10H2,1H3,(H2,32,36). The van der Waals surface area contributed by atoms with Crippen LogP contribution in [0, 0.1) is 5.92 Å². The van der Waals surface area contributed by atoms with Crippen molar-refractivity contribution in [1.29, 1.82) is 0 Å². The molecule has 218 valence electrons. The number of nitrogens with zero attached hydrogens (tertiary/aromatic N) is 6. The molecule has 10 nitrogen and oxygen atoms in total. The minimum absolute atomic E-state index is 0.0535. The number of ether oxygens (including phenoxy) is 1. The Balaban J connectivity index is 1.43. The second-order valence-corrected chi connectivity index (χ2v) is 12.3. The largest absolute Gasteiger partial charge is 0.433 e. The van der Waals surface area contributed by atoms with Crippen LogP contribution in [0.5, 0.6) is 0 Å². The fourth-order valence-electron chi connectivity index (χ4n) is 5.33. The summed E-state index contributed by atoms with van der Waals surface area (Å²) in [5, 5.41) is 8.90. The van der Waals surface area contributed by atoms with Crippen LogP contribution in [0.3, 0.4) is 0 Å². The molecule has 1 aliphatic heterocycles. The normalized spacial score (nSPS) is 15.7. The summed E-state index contributed by atoms with van der Waals surface area (Å²) >= 11 is 0. The molecule has 1 unspecified atom stereocenters. The summed E-state index contributed by atoms with van der Waals surface area (Å²) < 4.78 is 72.8.